The molecule has 0 radical (unpaired) electrons. The van der Waals surface area contributed by atoms with Gasteiger partial charge in [-0.25, -0.2) is 4.39 Å². The van der Waals surface area contributed by atoms with E-state index in [9.17, 15) is 4.39 Å². The molecule has 1 aromatic carbocycles. The van der Waals surface area contributed by atoms with E-state index in [0.717, 1.165) is 4.47 Å². The molecule has 4 heteroatoms. The highest BCUT2D eigenvalue weighted by Gasteiger charge is 1.99. The van der Waals surface area contributed by atoms with Crippen molar-refractivity contribution in [1.29, 1.82) is 0 Å². The fourth-order valence-corrected chi connectivity index (χ4v) is 1.41. The number of alkyl halides is 1. The van der Waals surface area contributed by atoms with E-state index in [-0.39, 0.29) is 5.82 Å². The van der Waals surface area contributed by atoms with Gasteiger partial charge in [0.05, 0.1) is 5.69 Å². The molecule has 0 aliphatic heterocycles. The summed E-state index contributed by atoms with van der Waals surface area (Å²) in [6.07, 6.45) is 3.67. The molecule has 0 bridgehead atoms. The summed E-state index contributed by atoms with van der Waals surface area (Å²) in [7, 11) is 0. The van der Waals surface area contributed by atoms with Crippen LogP contribution in [0.4, 0.5) is 10.1 Å². The first-order valence-corrected chi connectivity index (χ1v) is 5.46. The summed E-state index contributed by atoms with van der Waals surface area (Å²) in [6, 6.07) is 4.90. The Morgan fingerprint density at radius 2 is 2.21 bits per heavy atom. The third-order valence-electron chi connectivity index (χ3n) is 1.60. The van der Waals surface area contributed by atoms with Crippen LogP contribution in [0.3, 0.4) is 0 Å². The molecule has 0 atom stereocenters. The Labute approximate surface area is 96.1 Å². The molecule has 1 aromatic rings. The Hall–Kier alpha value is -0.540. The molecule has 14 heavy (non-hydrogen) atoms. The van der Waals surface area contributed by atoms with E-state index in [0.29, 0.717) is 18.1 Å². The Morgan fingerprint density at radius 3 is 2.86 bits per heavy atom. The van der Waals surface area contributed by atoms with Crippen molar-refractivity contribution >= 4 is 33.2 Å². The van der Waals surface area contributed by atoms with E-state index in [1.54, 1.807) is 12.1 Å². The lowest BCUT2D eigenvalue weighted by Crippen LogP contribution is -2.00. The largest absolute Gasteiger partial charge is 0.379 e. The zero-order valence-corrected chi connectivity index (χ0v) is 9.78. The second-order valence-corrected chi connectivity index (χ2v) is 3.86. The molecule has 1 rings (SSSR count). The van der Waals surface area contributed by atoms with Crippen LogP contribution in [0.2, 0.25) is 0 Å². The lowest BCUT2D eigenvalue weighted by Gasteiger charge is -2.04. The molecule has 0 saturated heterocycles. The first kappa shape index (κ1) is 11.5. The predicted octanol–water partition coefficient (Wildman–Crippen LogP) is 3.80. The maximum absolute atomic E-state index is 13.2. The van der Waals surface area contributed by atoms with Crippen molar-refractivity contribution in [3.8, 4) is 0 Å². The van der Waals surface area contributed by atoms with Crippen LogP contribution in [0, 0.1) is 5.82 Å². The summed E-state index contributed by atoms with van der Waals surface area (Å²) in [5.74, 6) is 0.212. The summed E-state index contributed by atoms with van der Waals surface area (Å²) < 4.78 is 14.0. The van der Waals surface area contributed by atoms with Crippen LogP contribution in [-0.4, -0.2) is 12.4 Å². The SMILES string of the molecule is Fc1cc(Br)ccc1NC/C=C/CCl. The molecule has 76 valence electrons. The van der Waals surface area contributed by atoms with Gasteiger partial charge in [-0.1, -0.05) is 28.1 Å². The molecule has 0 unspecified atom stereocenters. The van der Waals surface area contributed by atoms with Crippen molar-refractivity contribution in [3.05, 3.63) is 40.6 Å². The fourth-order valence-electron chi connectivity index (χ4n) is 0.948. The maximum Gasteiger partial charge on any atom is 0.147 e. The molecule has 0 saturated carbocycles. The van der Waals surface area contributed by atoms with Gasteiger partial charge in [0.1, 0.15) is 5.82 Å². The molecular weight excluding hydrogens is 268 g/mol. The highest BCUT2D eigenvalue weighted by atomic mass is 79.9. The van der Waals surface area contributed by atoms with Crippen molar-refractivity contribution in [3.63, 3.8) is 0 Å². The van der Waals surface area contributed by atoms with Gasteiger partial charge in [0, 0.05) is 16.9 Å². The van der Waals surface area contributed by atoms with Crippen molar-refractivity contribution in [2.24, 2.45) is 0 Å². The molecular formula is C10H10BrClFN. The van der Waals surface area contributed by atoms with Crippen LogP contribution >= 0.6 is 27.5 Å². The summed E-state index contributed by atoms with van der Waals surface area (Å²) in [5.41, 5.74) is 0.493. The number of nitrogens with one attached hydrogen (secondary N) is 1. The highest BCUT2D eigenvalue weighted by Crippen LogP contribution is 2.18. The second kappa shape index (κ2) is 6.04. The van der Waals surface area contributed by atoms with Crippen molar-refractivity contribution < 1.29 is 4.39 Å². The smallest absolute Gasteiger partial charge is 0.147 e. The second-order valence-electron chi connectivity index (χ2n) is 2.63. The molecule has 0 aliphatic rings. The summed E-state index contributed by atoms with van der Waals surface area (Å²) in [4.78, 5) is 0. The zero-order valence-electron chi connectivity index (χ0n) is 7.43. The Morgan fingerprint density at radius 1 is 1.43 bits per heavy atom. The quantitative estimate of drug-likeness (QED) is 0.652. The first-order valence-electron chi connectivity index (χ1n) is 4.14. The van der Waals surface area contributed by atoms with Gasteiger partial charge in [0.25, 0.3) is 0 Å². The lowest BCUT2D eigenvalue weighted by molar-refractivity contribution is 0.630. The zero-order chi connectivity index (χ0) is 10.4. The van der Waals surface area contributed by atoms with E-state index in [1.165, 1.54) is 6.07 Å². The van der Waals surface area contributed by atoms with Crippen molar-refractivity contribution in [2.75, 3.05) is 17.7 Å². The van der Waals surface area contributed by atoms with E-state index in [4.69, 9.17) is 11.6 Å². The molecule has 1 N–H and O–H groups in total. The number of benzene rings is 1. The number of allylic oxidation sites excluding steroid dienone is 1. The van der Waals surface area contributed by atoms with Crippen LogP contribution in [0.5, 0.6) is 0 Å². The van der Waals surface area contributed by atoms with Gasteiger partial charge in [-0.2, -0.15) is 0 Å². The number of rotatable bonds is 4. The average molecular weight is 279 g/mol. The lowest BCUT2D eigenvalue weighted by atomic mass is 10.3. The monoisotopic (exact) mass is 277 g/mol. The summed E-state index contributed by atoms with van der Waals surface area (Å²) in [5, 5.41) is 2.93. The molecule has 0 amide bonds. The Kier molecular flexibility index (Phi) is 4.98. The van der Waals surface area contributed by atoms with Gasteiger partial charge < -0.3 is 5.32 Å². The number of halogens is 3. The average Bonchev–Trinajstić information content (AvgIpc) is 2.15. The molecule has 0 heterocycles. The van der Waals surface area contributed by atoms with E-state index >= 15 is 0 Å². The molecule has 1 nitrogen and oxygen atoms in total. The van der Waals surface area contributed by atoms with E-state index in [2.05, 4.69) is 21.2 Å². The topological polar surface area (TPSA) is 12.0 Å². The Balaban J connectivity index is 2.55. The minimum absolute atomic E-state index is 0.265. The van der Waals surface area contributed by atoms with E-state index < -0.39 is 0 Å². The third kappa shape index (κ3) is 3.68. The Bertz CT molecular complexity index is 328. The molecule has 0 aromatic heterocycles. The van der Waals surface area contributed by atoms with Gasteiger partial charge in [-0.05, 0) is 18.2 Å². The van der Waals surface area contributed by atoms with Gasteiger partial charge in [-0.15, -0.1) is 11.6 Å². The predicted molar refractivity (Wildman–Crippen MR) is 62.4 cm³/mol. The molecule has 0 spiro atoms. The van der Waals surface area contributed by atoms with Gasteiger partial charge in [0.15, 0.2) is 0 Å². The van der Waals surface area contributed by atoms with Crippen LogP contribution in [0.1, 0.15) is 0 Å². The van der Waals surface area contributed by atoms with Gasteiger partial charge >= 0.3 is 0 Å². The highest BCUT2D eigenvalue weighted by molar-refractivity contribution is 9.10. The summed E-state index contributed by atoms with van der Waals surface area (Å²) >= 11 is 8.63. The number of hydrogen-bond donors (Lipinski definition) is 1. The minimum Gasteiger partial charge on any atom is -0.379 e. The standard InChI is InChI=1S/C10H10BrClFN/c11-8-3-4-10(9(13)7-8)14-6-2-1-5-12/h1-4,7,14H,5-6H2/b2-1+. The first-order chi connectivity index (χ1) is 6.74. The van der Waals surface area contributed by atoms with Crippen LogP contribution in [0.15, 0.2) is 34.8 Å². The van der Waals surface area contributed by atoms with Crippen LogP contribution in [-0.2, 0) is 0 Å². The summed E-state index contributed by atoms with van der Waals surface area (Å²) in [6.45, 7) is 0.575. The van der Waals surface area contributed by atoms with Crippen molar-refractivity contribution in [1.82, 2.24) is 0 Å². The molecule has 0 fully saturated rings. The number of anilines is 1. The van der Waals surface area contributed by atoms with Crippen LogP contribution < -0.4 is 5.32 Å². The van der Waals surface area contributed by atoms with E-state index in [1.807, 2.05) is 12.2 Å². The van der Waals surface area contributed by atoms with Crippen LogP contribution in [0.25, 0.3) is 0 Å². The maximum atomic E-state index is 13.2. The number of hydrogen-bond acceptors (Lipinski definition) is 1. The van der Waals surface area contributed by atoms with Crippen molar-refractivity contribution in [2.45, 2.75) is 0 Å². The van der Waals surface area contributed by atoms with Gasteiger partial charge in [-0.3, -0.25) is 0 Å². The fraction of sp³-hybridized carbons (Fsp3) is 0.200. The molecule has 0 aliphatic carbocycles. The normalized spacial score (nSPS) is 10.8. The third-order valence-corrected chi connectivity index (χ3v) is 2.27. The van der Waals surface area contributed by atoms with Gasteiger partial charge in [0.2, 0.25) is 0 Å². The minimum atomic E-state index is -0.265.